The molecule has 1 amide bonds. The second kappa shape index (κ2) is 7.87. The number of aromatic amines is 1. The highest BCUT2D eigenvalue weighted by molar-refractivity contribution is 5.83. The number of H-pyrrole nitrogens is 1. The van der Waals surface area contributed by atoms with Crippen LogP contribution in [0, 0.1) is 0 Å². The summed E-state index contributed by atoms with van der Waals surface area (Å²) in [4.78, 5) is 37.5. The van der Waals surface area contributed by atoms with E-state index >= 15 is 0 Å². The first-order valence-electron chi connectivity index (χ1n) is 10.2. The van der Waals surface area contributed by atoms with E-state index in [9.17, 15) is 9.59 Å². The summed E-state index contributed by atoms with van der Waals surface area (Å²) >= 11 is 0. The van der Waals surface area contributed by atoms with Crippen LogP contribution in [0.5, 0.6) is 0 Å². The number of likely N-dealkylation sites (tertiary alicyclic amines) is 1. The van der Waals surface area contributed by atoms with Crippen LogP contribution in [0.15, 0.2) is 35.1 Å². The molecule has 0 saturated carbocycles. The van der Waals surface area contributed by atoms with Gasteiger partial charge in [-0.05, 0) is 32.4 Å². The molecule has 1 aromatic carbocycles. The van der Waals surface area contributed by atoms with Crippen LogP contribution in [-0.2, 0) is 17.8 Å². The lowest BCUT2D eigenvalue weighted by Gasteiger charge is -2.34. The van der Waals surface area contributed by atoms with Crippen molar-refractivity contribution in [1.82, 2.24) is 19.8 Å². The van der Waals surface area contributed by atoms with Crippen molar-refractivity contribution in [3.63, 3.8) is 0 Å². The molecule has 0 radical (unpaired) electrons. The van der Waals surface area contributed by atoms with Crippen LogP contribution in [0.4, 0.5) is 0 Å². The first-order valence-corrected chi connectivity index (χ1v) is 10.2. The third-order valence-corrected chi connectivity index (χ3v) is 6.07. The number of carbonyl (C=O) groups excluding carboxylic acids is 1. The normalized spacial score (nSPS) is 21.2. The predicted molar refractivity (Wildman–Crippen MR) is 108 cm³/mol. The number of piperidine rings is 1. The average molecular weight is 380 g/mol. The standard InChI is InChI=1S/C22H28N4O2/c1-15(16-7-4-3-5-8-16)22(28)26-11-6-9-17(13-26)20-23-19-10-12-25(2)14-18(19)21(27)24-20/h3-5,7-8,15,17H,6,9-14H2,1-2H3,(H,23,24,27)/t15-,17-/m0/s1. The van der Waals surface area contributed by atoms with Crippen LogP contribution in [-0.4, -0.2) is 52.4 Å². The molecule has 2 atom stereocenters. The molecular formula is C22H28N4O2. The Labute approximate surface area is 165 Å². The van der Waals surface area contributed by atoms with Crippen molar-refractivity contribution in [2.24, 2.45) is 0 Å². The van der Waals surface area contributed by atoms with Gasteiger partial charge in [-0.2, -0.15) is 0 Å². The SMILES string of the molecule is C[C@H](C(=O)N1CCC[C@H](c2nc3c(c(=O)[nH]2)CN(C)CC3)C1)c1ccccc1. The van der Waals surface area contributed by atoms with Gasteiger partial charge in [0.15, 0.2) is 0 Å². The third-order valence-electron chi connectivity index (χ3n) is 6.07. The van der Waals surface area contributed by atoms with Gasteiger partial charge in [-0.25, -0.2) is 4.98 Å². The fraction of sp³-hybridized carbons (Fsp3) is 0.500. The summed E-state index contributed by atoms with van der Waals surface area (Å²) in [6.45, 7) is 4.94. The number of hydrogen-bond acceptors (Lipinski definition) is 4. The van der Waals surface area contributed by atoms with E-state index in [1.165, 1.54) is 0 Å². The zero-order valence-electron chi connectivity index (χ0n) is 16.6. The molecule has 0 bridgehead atoms. The highest BCUT2D eigenvalue weighted by atomic mass is 16.2. The van der Waals surface area contributed by atoms with Gasteiger partial charge >= 0.3 is 0 Å². The first-order chi connectivity index (χ1) is 13.5. The van der Waals surface area contributed by atoms with Crippen molar-refractivity contribution in [1.29, 1.82) is 0 Å². The van der Waals surface area contributed by atoms with Crippen molar-refractivity contribution in [3.05, 3.63) is 63.3 Å². The number of nitrogens with one attached hydrogen (secondary N) is 1. The van der Waals surface area contributed by atoms with E-state index in [1.807, 2.05) is 49.2 Å². The monoisotopic (exact) mass is 380 g/mol. The summed E-state index contributed by atoms with van der Waals surface area (Å²) in [7, 11) is 2.02. The minimum atomic E-state index is -0.161. The number of fused-ring (bicyclic) bond motifs is 1. The Morgan fingerprint density at radius 2 is 2.04 bits per heavy atom. The molecule has 6 heteroatoms. The zero-order valence-corrected chi connectivity index (χ0v) is 16.6. The maximum absolute atomic E-state index is 13.0. The number of benzene rings is 1. The second-order valence-electron chi connectivity index (χ2n) is 8.12. The molecule has 1 aromatic heterocycles. The number of carbonyl (C=O) groups is 1. The molecule has 2 aliphatic heterocycles. The molecule has 28 heavy (non-hydrogen) atoms. The maximum atomic E-state index is 13.0. The number of amides is 1. The molecule has 1 saturated heterocycles. The lowest BCUT2D eigenvalue weighted by atomic mass is 9.93. The Balaban J connectivity index is 1.52. The molecule has 2 aliphatic rings. The quantitative estimate of drug-likeness (QED) is 0.887. The van der Waals surface area contributed by atoms with E-state index < -0.39 is 0 Å². The Morgan fingerprint density at radius 3 is 2.82 bits per heavy atom. The van der Waals surface area contributed by atoms with Gasteiger partial charge < -0.3 is 14.8 Å². The van der Waals surface area contributed by atoms with Gasteiger partial charge in [0.1, 0.15) is 5.82 Å². The summed E-state index contributed by atoms with van der Waals surface area (Å²) in [5.74, 6) is 0.834. The van der Waals surface area contributed by atoms with E-state index in [4.69, 9.17) is 4.98 Å². The minimum Gasteiger partial charge on any atom is -0.341 e. The number of aromatic nitrogens is 2. The Hall–Kier alpha value is -2.47. The minimum absolute atomic E-state index is 0.0207. The smallest absolute Gasteiger partial charge is 0.255 e. The van der Waals surface area contributed by atoms with Crippen molar-refractivity contribution in [3.8, 4) is 0 Å². The van der Waals surface area contributed by atoms with Crippen LogP contribution in [0.3, 0.4) is 0 Å². The van der Waals surface area contributed by atoms with E-state index in [0.717, 1.165) is 55.0 Å². The first kappa shape index (κ1) is 18.9. The number of likely N-dealkylation sites (N-methyl/N-ethyl adjacent to an activating group) is 1. The summed E-state index contributed by atoms with van der Waals surface area (Å²) in [6.07, 6.45) is 2.69. The highest BCUT2D eigenvalue weighted by Gasteiger charge is 2.30. The van der Waals surface area contributed by atoms with Gasteiger partial charge in [0, 0.05) is 38.5 Å². The number of hydrogen-bond donors (Lipinski definition) is 1. The lowest BCUT2D eigenvalue weighted by molar-refractivity contribution is -0.133. The van der Waals surface area contributed by atoms with Crippen LogP contribution in [0.2, 0.25) is 0 Å². The van der Waals surface area contributed by atoms with Crippen LogP contribution in [0.25, 0.3) is 0 Å². The molecule has 0 unspecified atom stereocenters. The van der Waals surface area contributed by atoms with Crippen molar-refractivity contribution >= 4 is 5.91 Å². The summed E-state index contributed by atoms with van der Waals surface area (Å²) in [5, 5.41) is 0. The molecule has 0 spiro atoms. The molecule has 4 rings (SSSR count). The molecular weight excluding hydrogens is 352 g/mol. The van der Waals surface area contributed by atoms with Gasteiger partial charge in [0.2, 0.25) is 5.91 Å². The fourth-order valence-electron chi connectivity index (χ4n) is 4.33. The van der Waals surface area contributed by atoms with Crippen molar-refractivity contribution in [2.75, 3.05) is 26.7 Å². The van der Waals surface area contributed by atoms with E-state index in [2.05, 4.69) is 9.88 Å². The average Bonchev–Trinajstić information content (AvgIpc) is 2.74. The van der Waals surface area contributed by atoms with Crippen molar-refractivity contribution in [2.45, 2.75) is 44.6 Å². The lowest BCUT2D eigenvalue weighted by Crippen LogP contribution is -2.42. The molecule has 1 fully saturated rings. The van der Waals surface area contributed by atoms with E-state index in [0.29, 0.717) is 13.1 Å². The van der Waals surface area contributed by atoms with Crippen LogP contribution in [0.1, 0.15) is 54.2 Å². The predicted octanol–water partition coefficient (Wildman–Crippen LogP) is 2.27. The van der Waals surface area contributed by atoms with Gasteiger partial charge in [0.05, 0.1) is 17.2 Å². The Bertz CT molecular complexity index is 908. The topological polar surface area (TPSA) is 69.3 Å². The second-order valence-corrected chi connectivity index (χ2v) is 8.12. The largest absolute Gasteiger partial charge is 0.341 e. The molecule has 6 nitrogen and oxygen atoms in total. The fourth-order valence-corrected chi connectivity index (χ4v) is 4.33. The van der Waals surface area contributed by atoms with E-state index in [1.54, 1.807) is 0 Å². The van der Waals surface area contributed by atoms with Crippen LogP contribution >= 0.6 is 0 Å². The summed E-state index contributed by atoms with van der Waals surface area (Å²) in [5.41, 5.74) is 2.74. The Kier molecular flexibility index (Phi) is 5.31. The summed E-state index contributed by atoms with van der Waals surface area (Å²) in [6, 6.07) is 9.91. The molecule has 3 heterocycles. The Morgan fingerprint density at radius 1 is 1.25 bits per heavy atom. The van der Waals surface area contributed by atoms with Gasteiger partial charge in [-0.3, -0.25) is 9.59 Å². The van der Waals surface area contributed by atoms with Gasteiger partial charge in [-0.15, -0.1) is 0 Å². The molecule has 1 N–H and O–H groups in total. The maximum Gasteiger partial charge on any atom is 0.255 e. The third kappa shape index (κ3) is 3.74. The zero-order chi connectivity index (χ0) is 19.7. The number of nitrogens with zero attached hydrogens (tertiary/aromatic N) is 3. The molecule has 148 valence electrons. The van der Waals surface area contributed by atoms with Crippen LogP contribution < -0.4 is 5.56 Å². The van der Waals surface area contributed by atoms with Gasteiger partial charge in [0.25, 0.3) is 5.56 Å². The highest BCUT2D eigenvalue weighted by Crippen LogP contribution is 2.28. The summed E-state index contributed by atoms with van der Waals surface area (Å²) < 4.78 is 0. The van der Waals surface area contributed by atoms with Crippen molar-refractivity contribution < 1.29 is 4.79 Å². The van der Waals surface area contributed by atoms with E-state index in [-0.39, 0.29) is 23.3 Å². The molecule has 0 aliphatic carbocycles. The number of rotatable bonds is 3. The molecule has 2 aromatic rings. The van der Waals surface area contributed by atoms with Gasteiger partial charge in [-0.1, -0.05) is 30.3 Å².